The molecule has 2 rings (SSSR count). The van der Waals surface area contributed by atoms with Crippen LogP contribution in [0.1, 0.15) is 30.9 Å². The van der Waals surface area contributed by atoms with Crippen LogP contribution in [-0.2, 0) is 0 Å². The summed E-state index contributed by atoms with van der Waals surface area (Å²) in [6, 6.07) is 3.99. The summed E-state index contributed by atoms with van der Waals surface area (Å²) in [5.74, 6) is 1.62. The van der Waals surface area contributed by atoms with Gasteiger partial charge in [0.15, 0.2) is 0 Å². The molecular formula is C15H18N2O. The fourth-order valence-electron chi connectivity index (χ4n) is 2.20. The molecular weight excluding hydrogens is 224 g/mol. The predicted molar refractivity (Wildman–Crippen MR) is 70.2 cm³/mol. The third-order valence-corrected chi connectivity index (χ3v) is 3.59. The van der Waals surface area contributed by atoms with E-state index >= 15 is 0 Å². The summed E-state index contributed by atoms with van der Waals surface area (Å²) in [4.78, 5) is 4.16. The Morgan fingerprint density at radius 1 is 1.44 bits per heavy atom. The first-order valence-corrected chi connectivity index (χ1v) is 6.36. The van der Waals surface area contributed by atoms with Crippen molar-refractivity contribution in [1.29, 1.82) is 5.26 Å². The highest BCUT2D eigenvalue weighted by molar-refractivity contribution is 5.43. The lowest BCUT2D eigenvalue weighted by Gasteiger charge is -2.25. The number of nitrogens with zero attached hydrogens (tertiary/aromatic N) is 2. The molecule has 1 aliphatic rings. The highest BCUT2D eigenvalue weighted by Gasteiger charge is 2.20. The van der Waals surface area contributed by atoms with Crippen LogP contribution >= 0.6 is 0 Å². The van der Waals surface area contributed by atoms with E-state index in [-0.39, 0.29) is 0 Å². The molecule has 2 atom stereocenters. The predicted octanol–water partition coefficient (Wildman–Crippen LogP) is 3.24. The second kappa shape index (κ2) is 5.68. The fourth-order valence-corrected chi connectivity index (χ4v) is 2.20. The maximum atomic E-state index is 9.11. The van der Waals surface area contributed by atoms with Crippen molar-refractivity contribution < 1.29 is 4.74 Å². The summed E-state index contributed by atoms with van der Waals surface area (Å²) in [6.45, 7) is 4.78. The van der Waals surface area contributed by atoms with Crippen LogP contribution < -0.4 is 4.74 Å². The molecule has 0 amide bonds. The zero-order chi connectivity index (χ0) is 13.0. The number of aryl methyl sites for hydroxylation is 1. The molecule has 0 aromatic carbocycles. The van der Waals surface area contributed by atoms with Crippen LogP contribution in [0.3, 0.4) is 0 Å². The number of rotatable bonds is 3. The summed E-state index contributed by atoms with van der Waals surface area (Å²) in [7, 11) is 0. The first-order valence-electron chi connectivity index (χ1n) is 6.36. The van der Waals surface area contributed by atoms with Gasteiger partial charge >= 0.3 is 0 Å². The molecule has 2 unspecified atom stereocenters. The first kappa shape index (κ1) is 12.6. The van der Waals surface area contributed by atoms with E-state index in [2.05, 4.69) is 30.1 Å². The maximum Gasteiger partial charge on any atom is 0.231 e. The molecule has 0 bridgehead atoms. The van der Waals surface area contributed by atoms with Gasteiger partial charge < -0.3 is 4.74 Å². The molecule has 94 valence electrons. The lowest BCUT2D eigenvalue weighted by molar-refractivity contribution is 0.192. The average Bonchev–Trinajstić information content (AvgIpc) is 2.38. The van der Waals surface area contributed by atoms with Crippen LogP contribution in [-0.4, -0.2) is 11.6 Å². The van der Waals surface area contributed by atoms with Crippen molar-refractivity contribution in [2.75, 3.05) is 6.61 Å². The molecule has 0 N–H and O–H groups in total. The van der Waals surface area contributed by atoms with Crippen molar-refractivity contribution >= 4 is 0 Å². The topological polar surface area (TPSA) is 45.9 Å². The summed E-state index contributed by atoms with van der Waals surface area (Å²) in [6.07, 6.45) is 8.29. The molecule has 3 nitrogen and oxygen atoms in total. The molecule has 3 heteroatoms. The van der Waals surface area contributed by atoms with Gasteiger partial charge in [-0.25, -0.2) is 4.98 Å². The molecule has 0 saturated carbocycles. The van der Waals surface area contributed by atoms with Crippen molar-refractivity contribution in [2.24, 2.45) is 11.8 Å². The van der Waals surface area contributed by atoms with E-state index in [0.717, 1.165) is 18.4 Å². The first-order chi connectivity index (χ1) is 8.72. The number of hydrogen-bond acceptors (Lipinski definition) is 3. The van der Waals surface area contributed by atoms with Crippen LogP contribution in [0, 0.1) is 30.1 Å². The molecule has 1 aromatic heterocycles. The van der Waals surface area contributed by atoms with Gasteiger partial charge in [0.25, 0.3) is 0 Å². The van der Waals surface area contributed by atoms with Gasteiger partial charge in [0.1, 0.15) is 11.6 Å². The van der Waals surface area contributed by atoms with Crippen molar-refractivity contribution in [1.82, 2.24) is 4.98 Å². The van der Waals surface area contributed by atoms with E-state index in [9.17, 15) is 0 Å². The van der Waals surface area contributed by atoms with Crippen molar-refractivity contribution in [3.8, 4) is 11.9 Å². The van der Waals surface area contributed by atoms with Gasteiger partial charge in [-0.3, -0.25) is 0 Å². The highest BCUT2D eigenvalue weighted by Crippen LogP contribution is 2.26. The Labute approximate surface area is 108 Å². The minimum absolute atomic E-state index is 0.472. The Morgan fingerprint density at radius 2 is 2.22 bits per heavy atom. The quantitative estimate of drug-likeness (QED) is 0.764. The van der Waals surface area contributed by atoms with E-state index in [1.54, 1.807) is 6.20 Å². The monoisotopic (exact) mass is 242 g/mol. The Balaban J connectivity index is 2.05. The van der Waals surface area contributed by atoms with Crippen LogP contribution in [0.5, 0.6) is 5.88 Å². The molecule has 1 aliphatic carbocycles. The summed E-state index contributed by atoms with van der Waals surface area (Å²) in [5.41, 5.74) is 1.47. The maximum absolute atomic E-state index is 9.11. The molecule has 0 fully saturated rings. The van der Waals surface area contributed by atoms with E-state index in [4.69, 9.17) is 10.00 Å². The van der Waals surface area contributed by atoms with Crippen molar-refractivity contribution in [2.45, 2.75) is 26.7 Å². The second-order valence-electron chi connectivity index (χ2n) is 4.91. The fraction of sp³-hybridized carbons (Fsp3) is 0.467. The Kier molecular flexibility index (Phi) is 3.99. The summed E-state index contributed by atoms with van der Waals surface area (Å²) >= 11 is 0. The molecule has 0 spiro atoms. The molecule has 0 radical (unpaired) electrons. The standard InChI is InChI=1S/C15H18N2O/c1-11-5-3-4-6-13(11)10-18-15-14(9-16)12(2)7-8-17-15/h3-4,7-8,11,13H,5-6,10H2,1-2H3. The van der Waals surface area contributed by atoms with Gasteiger partial charge in [-0.1, -0.05) is 19.1 Å². The normalized spacial score (nSPS) is 22.5. The number of hydrogen-bond donors (Lipinski definition) is 0. The van der Waals surface area contributed by atoms with Gasteiger partial charge in [-0.15, -0.1) is 0 Å². The molecule has 18 heavy (non-hydrogen) atoms. The average molecular weight is 242 g/mol. The van der Waals surface area contributed by atoms with Gasteiger partial charge in [0.05, 0.1) is 6.61 Å². The number of nitriles is 1. The third kappa shape index (κ3) is 2.70. The van der Waals surface area contributed by atoms with Crippen LogP contribution in [0.15, 0.2) is 24.4 Å². The molecule has 0 saturated heterocycles. The smallest absolute Gasteiger partial charge is 0.231 e. The Morgan fingerprint density at radius 3 is 2.94 bits per heavy atom. The molecule has 1 aromatic rings. The Bertz CT molecular complexity index is 488. The van der Waals surface area contributed by atoms with Gasteiger partial charge in [-0.2, -0.15) is 5.26 Å². The number of pyridine rings is 1. The van der Waals surface area contributed by atoms with Gasteiger partial charge in [0.2, 0.25) is 5.88 Å². The molecule has 0 aliphatic heterocycles. The summed E-state index contributed by atoms with van der Waals surface area (Å²) in [5, 5.41) is 9.11. The zero-order valence-electron chi connectivity index (χ0n) is 10.9. The van der Waals surface area contributed by atoms with E-state index in [1.807, 2.05) is 13.0 Å². The van der Waals surface area contributed by atoms with Gasteiger partial charge in [-0.05, 0) is 43.2 Å². The van der Waals surface area contributed by atoms with Crippen LogP contribution in [0.4, 0.5) is 0 Å². The minimum atomic E-state index is 0.472. The number of ether oxygens (including phenoxy) is 1. The second-order valence-corrected chi connectivity index (χ2v) is 4.91. The van der Waals surface area contributed by atoms with E-state index < -0.39 is 0 Å². The van der Waals surface area contributed by atoms with E-state index in [0.29, 0.717) is 29.9 Å². The van der Waals surface area contributed by atoms with E-state index in [1.165, 1.54) is 0 Å². The third-order valence-electron chi connectivity index (χ3n) is 3.59. The van der Waals surface area contributed by atoms with Crippen LogP contribution in [0.25, 0.3) is 0 Å². The zero-order valence-corrected chi connectivity index (χ0v) is 10.9. The number of allylic oxidation sites excluding steroid dienone is 2. The largest absolute Gasteiger partial charge is 0.476 e. The SMILES string of the molecule is Cc1ccnc(OCC2CC=CCC2C)c1C#N. The minimum Gasteiger partial charge on any atom is -0.476 e. The lowest BCUT2D eigenvalue weighted by atomic mass is 9.85. The summed E-state index contributed by atoms with van der Waals surface area (Å²) < 4.78 is 5.75. The lowest BCUT2D eigenvalue weighted by Crippen LogP contribution is -2.21. The van der Waals surface area contributed by atoms with Crippen molar-refractivity contribution in [3.63, 3.8) is 0 Å². The molecule has 1 heterocycles. The Hall–Kier alpha value is -1.82. The van der Waals surface area contributed by atoms with Gasteiger partial charge in [0, 0.05) is 6.20 Å². The van der Waals surface area contributed by atoms with Crippen molar-refractivity contribution in [3.05, 3.63) is 35.5 Å². The van der Waals surface area contributed by atoms with Crippen LogP contribution in [0.2, 0.25) is 0 Å². The highest BCUT2D eigenvalue weighted by atomic mass is 16.5. The number of aromatic nitrogens is 1.